The maximum Gasteiger partial charge on any atom is 0.413 e. The minimum absolute atomic E-state index is 0.0952. The molecule has 8 nitrogen and oxygen atoms in total. The van der Waals surface area contributed by atoms with Crippen molar-refractivity contribution in [1.82, 2.24) is 15.1 Å². The second-order valence-corrected chi connectivity index (χ2v) is 6.01. The molecule has 0 aliphatic rings. The molecular formula is C19H23N3O5. The van der Waals surface area contributed by atoms with Gasteiger partial charge in [-0.25, -0.2) is 9.48 Å². The van der Waals surface area contributed by atoms with Crippen molar-refractivity contribution in [2.24, 2.45) is 0 Å². The van der Waals surface area contributed by atoms with Crippen LogP contribution in [0.4, 0.5) is 4.79 Å². The number of alkyl carbamates (subject to hydrolysis) is 1. The van der Waals surface area contributed by atoms with Gasteiger partial charge in [0.25, 0.3) is 5.91 Å². The third-order valence-electron chi connectivity index (χ3n) is 4.11. The molecule has 0 saturated carbocycles. The number of amides is 2. The molecular weight excluding hydrogens is 350 g/mol. The van der Waals surface area contributed by atoms with Gasteiger partial charge in [0.2, 0.25) is 0 Å². The lowest BCUT2D eigenvalue weighted by Gasteiger charge is -2.12. The molecule has 144 valence electrons. The molecule has 1 aromatic heterocycles. The van der Waals surface area contributed by atoms with Gasteiger partial charge in [-0.3, -0.25) is 14.9 Å². The topological polar surface area (TPSA) is 99.5 Å². The van der Waals surface area contributed by atoms with Crippen molar-refractivity contribution in [1.29, 1.82) is 0 Å². The van der Waals surface area contributed by atoms with E-state index in [1.54, 1.807) is 0 Å². The third kappa shape index (κ3) is 5.16. The van der Waals surface area contributed by atoms with Gasteiger partial charge in [-0.15, -0.1) is 0 Å². The highest BCUT2D eigenvalue weighted by molar-refractivity contribution is 5.94. The number of hydrogen-bond acceptors (Lipinski definition) is 6. The number of aryl methyl sites for hydroxylation is 1. The van der Waals surface area contributed by atoms with Crippen molar-refractivity contribution >= 4 is 18.0 Å². The summed E-state index contributed by atoms with van der Waals surface area (Å²) in [5.41, 5.74) is 3.69. The Labute approximate surface area is 157 Å². The lowest BCUT2D eigenvalue weighted by molar-refractivity contribution is -0.154. The van der Waals surface area contributed by atoms with Gasteiger partial charge >= 0.3 is 12.1 Å². The summed E-state index contributed by atoms with van der Waals surface area (Å²) in [7, 11) is 1.14. The van der Waals surface area contributed by atoms with Gasteiger partial charge in [0.1, 0.15) is 0 Å². The average Bonchev–Trinajstić information content (AvgIpc) is 2.94. The molecule has 0 spiro atoms. The summed E-state index contributed by atoms with van der Waals surface area (Å²) in [5.74, 6) is -1.27. The molecule has 1 aromatic carbocycles. The smallest absolute Gasteiger partial charge is 0.413 e. The predicted molar refractivity (Wildman–Crippen MR) is 97.5 cm³/mol. The zero-order chi connectivity index (χ0) is 20.0. The Kier molecular flexibility index (Phi) is 6.70. The molecule has 0 saturated heterocycles. The molecule has 0 fully saturated rings. The number of ether oxygens (including phenoxy) is 2. The van der Waals surface area contributed by atoms with Crippen molar-refractivity contribution in [3.8, 4) is 5.69 Å². The quantitative estimate of drug-likeness (QED) is 0.780. The first kappa shape index (κ1) is 20.2. The average molecular weight is 373 g/mol. The highest BCUT2D eigenvalue weighted by Crippen LogP contribution is 2.19. The molecule has 1 heterocycles. The second kappa shape index (κ2) is 8.98. The number of esters is 1. The number of imide groups is 1. The van der Waals surface area contributed by atoms with Crippen LogP contribution in [0, 0.1) is 13.8 Å². The van der Waals surface area contributed by atoms with E-state index in [1.807, 2.05) is 54.2 Å². The van der Waals surface area contributed by atoms with Crippen molar-refractivity contribution in [3.63, 3.8) is 0 Å². The van der Waals surface area contributed by atoms with Gasteiger partial charge in [0.15, 0.2) is 6.10 Å². The zero-order valence-electron chi connectivity index (χ0n) is 15.8. The lowest BCUT2D eigenvalue weighted by atomic mass is 10.1. The van der Waals surface area contributed by atoms with Gasteiger partial charge in [-0.05, 0) is 44.9 Å². The Balaban J connectivity index is 1.96. The first-order valence-corrected chi connectivity index (χ1v) is 8.52. The molecule has 0 aliphatic heterocycles. The summed E-state index contributed by atoms with van der Waals surface area (Å²) < 4.78 is 11.2. The standard InChI is InChI=1S/C19H23N3O5/c1-12-16(13(2)22(21-12)15-8-6-5-7-9-15)10-11-17(23)27-14(3)18(24)20-19(25)26-4/h5-9,14H,10-11H2,1-4H3,(H,20,24,25)/t14-/m1/s1. The Morgan fingerprint density at radius 1 is 1.19 bits per heavy atom. The lowest BCUT2D eigenvalue weighted by Crippen LogP contribution is -2.39. The zero-order valence-corrected chi connectivity index (χ0v) is 15.8. The molecule has 0 aliphatic carbocycles. The number of nitrogens with zero attached hydrogens (tertiary/aromatic N) is 2. The number of nitrogens with one attached hydrogen (secondary N) is 1. The number of carbonyl (C=O) groups excluding carboxylic acids is 3. The summed E-state index contributed by atoms with van der Waals surface area (Å²) in [6, 6.07) is 9.72. The molecule has 1 atom stereocenters. The Morgan fingerprint density at radius 3 is 2.48 bits per heavy atom. The van der Waals surface area contributed by atoms with Crippen LogP contribution in [0.2, 0.25) is 0 Å². The number of benzene rings is 1. The molecule has 1 N–H and O–H groups in total. The van der Waals surface area contributed by atoms with Crippen LogP contribution in [0.5, 0.6) is 0 Å². The van der Waals surface area contributed by atoms with E-state index in [9.17, 15) is 14.4 Å². The minimum Gasteiger partial charge on any atom is -0.453 e. The van der Waals surface area contributed by atoms with Crippen molar-refractivity contribution in [3.05, 3.63) is 47.3 Å². The van der Waals surface area contributed by atoms with E-state index in [0.29, 0.717) is 6.42 Å². The summed E-state index contributed by atoms with van der Waals surface area (Å²) in [4.78, 5) is 34.7. The van der Waals surface area contributed by atoms with E-state index in [1.165, 1.54) is 6.92 Å². The third-order valence-corrected chi connectivity index (χ3v) is 4.11. The Bertz CT molecular complexity index is 829. The molecule has 27 heavy (non-hydrogen) atoms. The molecule has 2 rings (SSSR count). The van der Waals surface area contributed by atoms with Gasteiger partial charge in [0.05, 0.1) is 18.5 Å². The van der Waals surface area contributed by atoms with Crippen LogP contribution >= 0.6 is 0 Å². The van der Waals surface area contributed by atoms with Crippen LogP contribution in [-0.4, -0.2) is 41.0 Å². The SMILES string of the molecule is COC(=O)NC(=O)[C@@H](C)OC(=O)CCc1c(C)nn(-c2ccccc2)c1C. The van der Waals surface area contributed by atoms with E-state index >= 15 is 0 Å². The van der Waals surface area contributed by atoms with Crippen LogP contribution in [0.15, 0.2) is 30.3 Å². The van der Waals surface area contributed by atoms with Gasteiger partial charge in [-0.1, -0.05) is 18.2 Å². The van der Waals surface area contributed by atoms with Crippen LogP contribution < -0.4 is 5.32 Å². The maximum atomic E-state index is 12.0. The minimum atomic E-state index is -1.09. The highest BCUT2D eigenvalue weighted by Gasteiger charge is 2.21. The van der Waals surface area contributed by atoms with Crippen LogP contribution in [0.1, 0.15) is 30.3 Å². The predicted octanol–water partition coefficient (Wildman–Crippen LogP) is 2.24. The second-order valence-electron chi connectivity index (χ2n) is 6.01. The fraction of sp³-hybridized carbons (Fsp3) is 0.368. The number of para-hydroxylation sites is 1. The van der Waals surface area contributed by atoms with Crippen LogP contribution in [0.3, 0.4) is 0 Å². The van der Waals surface area contributed by atoms with Crippen molar-refractivity contribution in [2.45, 2.75) is 39.7 Å². The first-order valence-electron chi connectivity index (χ1n) is 8.52. The molecule has 0 radical (unpaired) electrons. The fourth-order valence-corrected chi connectivity index (χ4v) is 2.65. The number of hydrogen-bond donors (Lipinski definition) is 1. The van der Waals surface area contributed by atoms with E-state index in [2.05, 4.69) is 9.84 Å². The molecule has 8 heteroatoms. The van der Waals surface area contributed by atoms with Crippen LogP contribution in [-0.2, 0) is 25.5 Å². The largest absolute Gasteiger partial charge is 0.453 e. The number of methoxy groups -OCH3 is 1. The summed E-state index contributed by atoms with van der Waals surface area (Å²) in [6.07, 6.45) is -1.46. The van der Waals surface area contributed by atoms with E-state index in [0.717, 1.165) is 29.7 Å². The van der Waals surface area contributed by atoms with E-state index < -0.39 is 24.1 Å². The number of aromatic nitrogens is 2. The Morgan fingerprint density at radius 2 is 1.85 bits per heavy atom. The molecule has 0 bridgehead atoms. The summed E-state index contributed by atoms with van der Waals surface area (Å²) >= 11 is 0. The van der Waals surface area contributed by atoms with Gasteiger partial charge < -0.3 is 9.47 Å². The molecule has 0 unspecified atom stereocenters. The van der Waals surface area contributed by atoms with E-state index in [-0.39, 0.29) is 6.42 Å². The summed E-state index contributed by atoms with van der Waals surface area (Å²) in [6.45, 7) is 5.22. The van der Waals surface area contributed by atoms with Gasteiger partial charge in [0, 0.05) is 12.1 Å². The monoisotopic (exact) mass is 373 g/mol. The maximum absolute atomic E-state index is 12.0. The van der Waals surface area contributed by atoms with Crippen molar-refractivity contribution < 1.29 is 23.9 Å². The fourth-order valence-electron chi connectivity index (χ4n) is 2.65. The summed E-state index contributed by atoms with van der Waals surface area (Å²) in [5, 5.41) is 6.50. The molecule has 2 aromatic rings. The van der Waals surface area contributed by atoms with E-state index in [4.69, 9.17) is 4.74 Å². The number of carbonyl (C=O) groups is 3. The Hall–Kier alpha value is -3.16. The van der Waals surface area contributed by atoms with Crippen LogP contribution in [0.25, 0.3) is 5.69 Å². The van der Waals surface area contributed by atoms with Crippen molar-refractivity contribution in [2.75, 3.05) is 7.11 Å². The number of rotatable bonds is 6. The molecule has 2 amide bonds. The highest BCUT2D eigenvalue weighted by atomic mass is 16.6. The van der Waals surface area contributed by atoms with Gasteiger partial charge in [-0.2, -0.15) is 5.10 Å². The first-order chi connectivity index (χ1) is 12.8. The normalized spacial score (nSPS) is 11.6.